The predicted molar refractivity (Wildman–Crippen MR) is 65.3 cm³/mol. The minimum Gasteiger partial charge on any atom is -0.496 e. The first-order valence-electron chi connectivity index (χ1n) is 5.68. The van der Waals surface area contributed by atoms with Crippen LogP contribution in [0.15, 0.2) is 18.2 Å². The van der Waals surface area contributed by atoms with Crippen LogP contribution in [0.5, 0.6) is 5.75 Å². The van der Waals surface area contributed by atoms with Gasteiger partial charge < -0.3 is 10.5 Å². The number of methoxy groups -OCH3 is 1. The largest absolute Gasteiger partial charge is 0.496 e. The zero-order valence-electron chi connectivity index (χ0n) is 10.7. The first-order chi connectivity index (χ1) is 9.46. The summed E-state index contributed by atoms with van der Waals surface area (Å²) in [4.78, 5) is 0. The third-order valence-electron chi connectivity index (χ3n) is 2.83. The molecule has 2 nitrogen and oxygen atoms in total. The molecular formula is C12H12ClF6NO. The fraction of sp³-hybridized carbons (Fsp3) is 0.500. The summed E-state index contributed by atoms with van der Waals surface area (Å²) >= 11 is 5.68. The van der Waals surface area contributed by atoms with Gasteiger partial charge in [0.15, 0.2) is 5.92 Å². The maximum Gasteiger partial charge on any atom is 0.402 e. The average Bonchev–Trinajstić information content (AvgIpc) is 2.24. The van der Waals surface area contributed by atoms with Gasteiger partial charge in [0.1, 0.15) is 5.75 Å². The Hall–Kier alpha value is -1.15. The van der Waals surface area contributed by atoms with Crippen molar-refractivity contribution < 1.29 is 31.1 Å². The minimum atomic E-state index is -5.48. The molecule has 1 aromatic rings. The topological polar surface area (TPSA) is 35.2 Å². The van der Waals surface area contributed by atoms with E-state index in [1.54, 1.807) is 0 Å². The lowest BCUT2D eigenvalue weighted by atomic mass is 9.92. The van der Waals surface area contributed by atoms with Crippen molar-refractivity contribution in [3.8, 4) is 5.75 Å². The van der Waals surface area contributed by atoms with Crippen molar-refractivity contribution in [3.63, 3.8) is 0 Å². The molecule has 1 aromatic carbocycles. The number of rotatable bonds is 4. The van der Waals surface area contributed by atoms with Crippen LogP contribution in [0.1, 0.15) is 5.56 Å². The van der Waals surface area contributed by atoms with E-state index in [-0.39, 0.29) is 16.3 Å². The van der Waals surface area contributed by atoms with Crippen LogP contribution >= 0.6 is 11.6 Å². The van der Waals surface area contributed by atoms with Crippen molar-refractivity contribution in [2.24, 2.45) is 11.7 Å². The molecule has 1 rings (SSSR count). The number of ether oxygens (including phenoxy) is 1. The summed E-state index contributed by atoms with van der Waals surface area (Å²) in [5.74, 6) is -3.49. The van der Waals surface area contributed by atoms with E-state index in [4.69, 9.17) is 22.1 Å². The van der Waals surface area contributed by atoms with Crippen LogP contribution in [0, 0.1) is 5.92 Å². The average molecular weight is 336 g/mol. The maximum atomic E-state index is 12.6. The van der Waals surface area contributed by atoms with Gasteiger partial charge >= 0.3 is 12.4 Å². The van der Waals surface area contributed by atoms with E-state index in [1.807, 2.05) is 0 Å². The summed E-state index contributed by atoms with van der Waals surface area (Å²) in [7, 11) is 1.24. The standard InChI is InChI=1S/C12H12ClF6NO/c1-21-9-3-2-7(13)4-6(9)5-8(20)10(11(14,15)16)12(17,18)19/h2-4,8,10H,5,20H2,1H3. The van der Waals surface area contributed by atoms with Crippen LogP contribution in [0.2, 0.25) is 5.02 Å². The molecule has 21 heavy (non-hydrogen) atoms. The molecule has 9 heteroatoms. The van der Waals surface area contributed by atoms with Gasteiger partial charge in [0.2, 0.25) is 0 Å². The highest BCUT2D eigenvalue weighted by atomic mass is 35.5. The lowest BCUT2D eigenvalue weighted by Crippen LogP contribution is -2.49. The second kappa shape index (κ2) is 6.31. The lowest BCUT2D eigenvalue weighted by Gasteiger charge is -2.28. The normalized spacial score (nSPS) is 14.4. The fourth-order valence-electron chi connectivity index (χ4n) is 1.95. The molecule has 0 aliphatic heterocycles. The predicted octanol–water partition coefficient (Wildman–Crippen LogP) is 3.96. The quantitative estimate of drug-likeness (QED) is 0.845. The molecule has 0 aromatic heterocycles. The molecule has 0 amide bonds. The molecule has 0 fully saturated rings. The Kier molecular flexibility index (Phi) is 5.38. The molecule has 0 spiro atoms. The molecule has 0 saturated carbocycles. The van der Waals surface area contributed by atoms with Gasteiger partial charge in [-0.1, -0.05) is 11.6 Å². The molecule has 0 saturated heterocycles. The second-order valence-corrected chi connectivity index (χ2v) is 4.82. The molecule has 0 heterocycles. The van der Waals surface area contributed by atoms with Crippen molar-refractivity contribution >= 4 is 11.6 Å². The summed E-state index contributed by atoms with van der Waals surface area (Å²) < 4.78 is 80.3. The summed E-state index contributed by atoms with van der Waals surface area (Å²) in [5, 5.41) is 0.161. The number of benzene rings is 1. The molecule has 2 N–H and O–H groups in total. The first-order valence-corrected chi connectivity index (χ1v) is 6.06. The SMILES string of the molecule is COc1ccc(Cl)cc1CC(N)C(C(F)(F)F)C(F)(F)F. The molecular weight excluding hydrogens is 324 g/mol. The zero-order valence-corrected chi connectivity index (χ0v) is 11.5. The molecule has 0 bridgehead atoms. The first kappa shape index (κ1) is 17.9. The summed E-state index contributed by atoms with van der Waals surface area (Å²) in [6.07, 6.45) is -11.6. The number of nitrogens with two attached hydrogens (primary N) is 1. The Labute approximate surface area is 121 Å². The third-order valence-corrected chi connectivity index (χ3v) is 3.07. The number of hydrogen-bond donors (Lipinski definition) is 1. The van der Waals surface area contributed by atoms with E-state index in [0.717, 1.165) is 0 Å². The molecule has 1 atom stereocenters. The van der Waals surface area contributed by atoms with Gasteiger partial charge in [-0.3, -0.25) is 0 Å². The summed E-state index contributed by atoms with van der Waals surface area (Å²) in [5.41, 5.74) is 5.24. The highest BCUT2D eigenvalue weighted by Crippen LogP contribution is 2.42. The van der Waals surface area contributed by atoms with Gasteiger partial charge in [-0.25, -0.2) is 0 Å². The minimum absolute atomic E-state index is 0.0796. The van der Waals surface area contributed by atoms with Crippen LogP contribution in [0.25, 0.3) is 0 Å². The molecule has 120 valence electrons. The number of alkyl halides is 6. The van der Waals surface area contributed by atoms with E-state index >= 15 is 0 Å². The van der Waals surface area contributed by atoms with Crippen LogP contribution in [0.3, 0.4) is 0 Å². The van der Waals surface area contributed by atoms with Crippen LogP contribution in [0.4, 0.5) is 26.3 Å². The van der Waals surface area contributed by atoms with E-state index in [9.17, 15) is 26.3 Å². The highest BCUT2D eigenvalue weighted by molar-refractivity contribution is 6.30. The van der Waals surface area contributed by atoms with Crippen molar-refractivity contribution in [3.05, 3.63) is 28.8 Å². The number of halogens is 7. The fourth-order valence-corrected chi connectivity index (χ4v) is 2.14. The van der Waals surface area contributed by atoms with E-state index in [1.165, 1.54) is 25.3 Å². The third kappa shape index (κ3) is 4.67. The summed E-state index contributed by atoms with van der Waals surface area (Å²) in [6.45, 7) is 0. The number of hydrogen-bond acceptors (Lipinski definition) is 2. The molecule has 0 aliphatic carbocycles. The van der Waals surface area contributed by atoms with Gasteiger partial charge in [0.25, 0.3) is 0 Å². The van der Waals surface area contributed by atoms with Gasteiger partial charge in [0.05, 0.1) is 7.11 Å². The van der Waals surface area contributed by atoms with Gasteiger partial charge in [-0.05, 0) is 30.2 Å². The van der Waals surface area contributed by atoms with Gasteiger partial charge in [-0.2, -0.15) is 26.3 Å². The van der Waals surface area contributed by atoms with Crippen molar-refractivity contribution in [1.29, 1.82) is 0 Å². The Morgan fingerprint density at radius 3 is 2.10 bits per heavy atom. The van der Waals surface area contributed by atoms with Crippen LogP contribution < -0.4 is 10.5 Å². The smallest absolute Gasteiger partial charge is 0.402 e. The lowest BCUT2D eigenvalue weighted by molar-refractivity contribution is -0.289. The molecule has 1 unspecified atom stereocenters. The Morgan fingerprint density at radius 2 is 1.67 bits per heavy atom. The van der Waals surface area contributed by atoms with Gasteiger partial charge in [0, 0.05) is 11.1 Å². The highest BCUT2D eigenvalue weighted by Gasteiger charge is 2.59. The van der Waals surface area contributed by atoms with Crippen LogP contribution in [-0.4, -0.2) is 25.5 Å². The Balaban J connectivity index is 3.08. The van der Waals surface area contributed by atoms with E-state index in [2.05, 4.69) is 0 Å². The maximum absolute atomic E-state index is 12.6. The van der Waals surface area contributed by atoms with E-state index < -0.39 is 30.7 Å². The van der Waals surface area contributed by atoms with Crippen molar-refractivity contribution in [2.45, 2.75) is 24.8 Å². The Morgan fingerprint density at radius 1 is 1.14 bits per heavy atom. The monoisotopic (exact) mass is 335 g/mol. The Bertz CT molecular complexity index is 474. The zero-order chi connectivity index (χ0) is 16.4. The molecule has 0 radical (unpaired) electrons. The van der Waals surface area contributed by atoms with Crippen molar-refractivity contribution in [1.82, 2.24) is 0 Å². The second-order valence-electron chi connectivity index (χ2n) is 4.39. The van der Waals surface area contributed by atoms with Crippen molar-refractivity contribution in [2.75, 3.05) is 7.11 Å². The molecule has 0 aliphatic rings. The van der Waals surface area contributed by atoms with E-state index in [0.29, 0.717) is 0 Å². The van der Waals surface area contributed by atoms with Crippen LogP contribution in [-0.2, 0) is 6.42 Å². The van der Waals surface area contributed by atoms with Gasteiger partial charge in [-0.15, -0.1) is 0 Å². The summed E-state index contributed by atoms with van der Waals surface area (Å²) in [6, 6.07) is 1.78.